The van der Waals surface area contributed by atoms with E-state index in [1.165, 1.54) is 0 Å². The molecule has 1 aromatic rings. The second kappa shape index (κ2) is 6.44. The molecule has 0 saturated heterocycles. The Morgan fingerprint density at radius 3 is 2.70 bits per heavy atom. The molecule has 2 N–H and O–H groups in total. The van der Waals surface area contributed by atoms with E-state index in [1.54, 1.807) is 19.2 Å². The number of amides is 1. The predicted octanol–water partition coefficient (Wildman–Crippen LogP) is 3.33. The van der Waals surface area contributed by atoms with Gasteiger partial charge in [-0.05, 0) is 43.2 Å². The summed E-state index contributed by atoms with van der Waals surface area (Å²) in [4.78, 5) is 16.5. The van der Waals surface area contributed by atoms with Crippen molar-refractivity contribution in [2.24, 2.45) is 11.8 Å². The summed E-state index contributed by atoms with van der Waals surface area (Å²) in [5, 5.41) is 6.37. The van der Waals surface area contributed by atoms with Gasteiger partial charge in [-0.25, -0.2) is 4.98 Å². The molecule has 1 heterocycles. The summed E-state index contributed by atoms with van der Waals surface area (Å²) >= 11 is 6.07. The van der Waals surface area contributed by atoms with Crippen LogP contribution < -0.4 is 10.6 Å². The number of rotatable bonds is 3. The van der Waals surface area contributed by atoms with Gasteiger partial charge in [0, 0.05) is 13.1 Å². The molecule has 1 aromatic heterocycles. The number of carbonyl (C=O) groups excluding carboxylic acids is 1. The van der Waals surface area contributed by atoms with Crippen molar-refractivity contribution in [2.75, 3.05) is 12.4 Å². The van der Waals surface area contributed by atoms with Gasteiger partial charge in [-0.15, -0.1) is 0 Å². The molecular weight excluding hydrogens is 274 g/mol. The predicted molar refractivity (Wildman–Crippen MR) is 82.2 cm³/mol. The molecule has 4 nitrogen and oxygen atoms in total. The van der Waals surface area contributed by atoms with Crippen LogP contribution in [0.4, 0.5) is 5.82 Å². The van der Waals surface area contributed by atoms with Gasteiger partial charge < -0.3 is 10.6 Å². The van der Waals surface area contributed by atoms with E-state index in [0.29, 0.717) is 22.5 Å². The van der Waals surface area contributed by atoms with Gasteiger partial charge in [-0.1, -0.05) is 25.4 Å². The first-order chi connectivity index (χ1) is 9.51. The fourth-order valence-electron chi connectivity index (χ4n) is 2.67. The number of hydrogen-bond acceptors (Lipinski definition) is 3. The number of carbonyl (C=O) groups is 1. The van der Waals surface area contributed by atoms with Crippen molar-refractivity contribution in [1.82, 2.24) is 10.3 Å². The van der Waals surface area contributed by atoms with Crippen LogP contribution in [0.1, 0.15) is 43.6 Å². The van der Waals surface area contributed by atoms with Gasteiger partial charge in [0.25, 0.3) is 5.91 Å². The van der Waals surface area contributed by atoms with Crippen molar-refractivity contribution in [1.29, 1.82) is 0 Å². The third kappa shape index (κ3) is 3.42. The Labute approximate surface area is 125 Å². The Morgan fingerprint density at radius 1 is 1.30 bits per heavy atom. The minimum absolute atomic E-state index is 0.182. The molecule has 1 amide bonds. The van der Waals surface area contributed by atoms with Gasteiger partial charge in [-0.3, -0.25) is 4.79 Å². The largest absolute Gasteiger partial charge is 0.373 e. The van der Waals surface area contributed by atoms with Gasteiger partial charge in [-0.2, -0.15) is 0 Å². The summed E-state index contributed by atoms with van der Waals surface area (Å²) in [6.45, 7) is 4.52. The maximum absolute atomic E-state index is 12.3. The van der Waals surface area contributed by atoms with Crippen molar-refractivity contribution in [3.63, 3.8) is 0 Å². The summed E-state index contributed by atoms with van der Waals surface area (Å²) in [5.41, 5.74) is 0.296. The second-order valence-corrected chi connectivity index (χ2v) is 6.12. The lowest BCUT2D eigenvalue weighted by Gasteiger charge is -2.32. The first-order valence-electron chi connectivity index (χ1n) is 7.16. The first-order valence-corrected chi connectivity index (χ1v) is 7.54. The fraction of sp³-hybridized carbons (Fsp3) is 0.600. The molecular formula is C15H22ClN3O. The van der Waals surface area contributed by atoms with E-state index < -0.39 is 0 Å². The molecule has 1 aliphatic carbocycles. The van der Waals surface area contributed by atoms with Crippen molar-refractivity contribution in [3.05, 3.63) is 22.8 Å². The van der Waals surface area contributed by atoms with Crippen LogP contribution in [0.15, 0.2) is 12.1 Å². The number of anilines is 1. The van der Waals surface area contributed by atoms with Crippen molar-refractivity contribution in [3.8, 4) is 0 Å². The average molecular weight is 296 g/mol. The Balaban J connectivity index is 2.05. The lowest BCUT2D eigenvalue weighted by molar-refractivity contribution is 0.0906. The molecule has 5 heteroatoms. The van der Waals surface area contributed by atoms with Gasteiger partial charge in [0.05, 0.1) is 5.02 Å². The zero-order chi connectivity index (χ0) is 14.7. The Hall–Kier alpha value is -1.29. The molecule has 20 heavy (non-hydrogen) atoms. The zero-order valence-electron chi connectivity index (χ0n) is 12.2. The summed E-state index contributed by atoms with van der Waals surface area (Å²) in [7, 11) is 1.77. The highest BCUT2D eigenvalue weighted by molar-refractivity contribution is 6.33. The lowest BCUT2D eigenvalue weighted by Crippen LogP contribution is -2.40. The van der Waals surface area contributed by atoms with E-state index in [1.807, 2.05) is 0 Å². The number of aromatic nitrogens is 1. The fourth-order valence-corrected chi connectivity index (χ4v) is 2.86. The minimum Gasteiger partial charge on any atom is -0.373 e. The molecule has 0 aliphatic heterocycles. The van der Waals surface area contributed by atoms with E-state index in [-0.39, 0.29) is 11.9 Å². The normalized spacial score (nSPS) is 26.1. The molecule has 0 aromatic carbocycles. The van der Waals surface area contributed by atoms with E-state index in [0.717, 1.165) is 25.2 Å². The highest BCUT2D eigenvalue weighted by Gasteiger charge is 2.26. The number of hydrogen-bond donors (Lipinski definition) is 2. The van der Waals surface area contributed by atoms with Gasteiger partial charge in [0.15, 0.2) is 0 Å². The number of pyridine rings is 1. The van der Waals surface area contributed by atoms with Gasteiger partial charge in [0.1, 0.15) is 11.5 Å². The SMILES string of the molecule is CNc1ccc(Cl)c(C(=O)NC2CCC(C)C(C)C2)n1. The summed E-state index contributed by atoms with van der Waals surface area (Å²) in [6, 6.07) is 3.68. The smallest absolute Gasteiger partial charge is 0.271 e. The maximum Gasteiger partial charge on any atom is 0.271 e. The monoisotopic (exact) mass is 295 g/mol. The molecule has 0 bridgehead atoms. The third-order valence-electron chi connectivity index (χ3n) is 4.25. The topological polar surface area (TPSA) is 54.0 Å². The van der Waals surface area contributed by atoms with Crippen LogP contribution in [0.5, 0.6) is 0 Å². The van der Waals surface area contributed by atoms with Crippen LogP contribution in [0.3, 0.4) is 0 Å². The van der Waals surface area contributed by atoms with Crippen LogP contribution >= 0.6 is 11.6 Å². The molecule has 1 saturated carbocycles. The molecule has 2 rings (SSSR count). The Morgan fingerprint density at radius 2 is 2.05 bits per heavy atom. The van der Waals surface area contributed by atoms with E-state index in [2.05, 4.69) is 29.5 Å². The molecule has 0 radical (unpaired) electrons. The Bertz CT molecular complexity index is 492. The van der Waals surface area contributed by atoms with Crippen LogP contribution in [0.2, 0.25) is 5.02 Å². The van der Waals surface area contributed by atoms with Crippen molar-refractivity contribution < 1.29 is 4.79 Å². The quantitative estimate of drug-likeness (QED) is 0.899. The molecule has 110 valence electrons. The number of nitrogens with zero attached hydrogens (tertiary/aromatic N) is 1. The zero-order valence-corrected chi connectivity index (χ0v) is 13.0. The van der Waals surface area contributed by atoms with E-state index in [4.69, 9.17) is 11.6 Å². The second-order valence-electron chi connectivity index (χ2n) is 5.71. The molecule has 3 atom stereocenters. The summed E-state index contributed by atoms with van der Waals surface area (Å²) in [6.07, 6.45) is 3.21. The van der Waals surface area contributed by atoms with Crippen molar-refractivity contribution in [2.45, 2.75) is 39.2 Å². The Kier molecular flexibility index (Phi) is 4.86. The van der Waals surface area contributed by atoms with Crippen LogP contribution in [-0.2, 0) is 0 Å². The first kappa shape index (κ1) is 15.1. The molecule has 1 fully saturated rings. The number of nitrogens with one attached hydrogen (secondary N) is 2. The lowest BCUT2D eigenvalue weighted by atomic mass is 9.79. The van der Waals surface area contributed by atoms with Gasteiger partial charge >= 0.3 is 0 Å². The van der Waals surface area contributed by atoms with E-state index in [9.17, 15) is 4.79 Å². The maximum atomic E-state index is 12.3. The summed E-state index contributed by atoms with van der Waals surface area (Å²) in [5.74, 6) is 1.84. The number of halogens is 1. The average Bonchev–Trinajstić information content (AvgIpc) is 2.43. The van der Waals surface area contributed by atoms with E-state index >= 15 is 0 Å². The minimum atomic E-state index is -0.182. The van der Waals surface area contributed by atoms with Gasteiger partial charge in [0.2, 0.25) is 0 Å². The standard InChI is InChI=1S/C15H22ClN3O/c1-9-4-5-11(8-10(9)2)18-15(20)14-12(16)6-7-13(17-3)19-14/h6-7,9-11H,4-5,8H2,1-3H3,(H,17,19)(H,18,20). The highest BCUT2D eigenvalue weighted by Crippen LogP contribution is 2.29. The van der Waals surface area contributed by atoms with Crippen LogP contribution in [0.25, 0.3) is 0 Å². The van der Waals surface area contributed by atoms with Crippen LogP contribution in [0, 0.1) is 11.8 Å². The van der Waals surface area contributed by atoms with Crippen LogP contribution in [-0.4, -0.2) is 24.0 Å². The highest BCUT2D eigenvalue weighted by atomic mass is 35.5. The third-order valence-corrected chi connectivity index (χ3v) is 4.56. The van der Waals surface area contributed by atoms with Crippen molar-refractivity contribution >= 4 is 23.3 Å². The molecule has 0 spiro atoms. The molecule has 3 unspecified atom stereocenters. The summed E-state index contributed by atoms with van der Waals surface area (Å²) < 4.78 is 0. The molecule has 1 aliphatic rings.